The normalized spacial score (nSPS) is 16.1. The van der Waals surface area contributed by atoms with Gasteiger partial charge in [0.2, 0.25) is 0 Å². The molecule has 3 heteroatoms. The highest BCUT2D eigenvalue weighted by Gasteiger charge is 2.29. The first kappa shape index (κ1) is 15.6. The predicted molar refractivity (Wildman–Crippen MR) is 83.6 cm³/mol. The molecule has 2 rings (SSSR count). The highest BCUT2D eigenvalue weighted by Crippen LogP contribution is 2.29. The fourth-order valence-corrected chi connectivity index (χ4v) is 2.40. The fourth-order valence-electron chi connectivity index (χ4n) is 2.40. The molecule has 3 nitrogen and oxygen atoms in total. The van der Waals surface area contributed by atoms with Crippen molar-refractivity contribution in [1.82, 2.24) is 10.2 Å². The van der Waals surface area contributed by atoms with Gasteiger partial charge in [-0.1, -0.05) is 13.3 Å². The van der Waals surface area contributed by atoms with E-state index in [2.05, 4.69) is 44.0 Å². The van der Waals surface area contributed by atoms with Crippen LogP contribution in [0.1, 0.15) is 64.7 Å². The average Bonchev–Trinajstić information content (AvgIpc) is 3.12. The molecule has 1 aromatic heterocycles. The number of furan rings is 1. The Bertz CT molecular complexity index is 401. The lowest BCUT2D eigenvalue weighted by Crippen LogP contribution is -2.35. The molecular formula is C17H30N2O. The molecule has 0 spiro atoms. The minimum atomic E-state index is 0.146. The number of nitrogens with zero attached hydrogens (tertiary/aromatic N) is 1. The van der Waals surface area contributed by atoms with Gasteiger partial charge in [0, 0.05) is 23.7 Å². The predicted octanol–water partition coefficient (Wildman–Crippen LogP) is 3.93. The highest BCUT2D eigenvalue weighted by molar-refractivity contribution is 5.17. The van der Waals surface area contributed by atoms with Crippen molar-refractivity contribution in [2.75, 3.05) is 6.54 Å². The van der Waals surface area contributed by atoms with Crippen LogP contribution >= 0.6 is 0 Å². The maximum Gasteiger partial charge on any atom is 0.122 e. The Morgan fingerprint density at radius 1 is 1.35 bits per heavy atom. The molecule has 0 unspecified atom stereocenters. The van der Waals surface area contributed by atoms with Crippen LogP contribution < -0.4 is 5.32 Å². The molecule has 20 heavy (non-hydrogen) atoms. The van der Waals surface area contributed by atoms with Crippen LogP contribution in [0.3, 0.4) is 0 Å². The number of nitrogens with one attached hydrogen (secondary N) is 1. The van der Waals surface area contributed by atoms with Crippen LogP contribution in [0.5, 0.6) is 0 Å². The quantitative estimate of drug-likeness (QED) is 0.781. The third-order valence-corrected chi connectivity index (χ3v) is 3.86. The van der Waals surface area contributed by atoms with Crippen molar-refractivity contribution < 1.29 is 4.42 Å². The Balaban J connectivity index is 1.92. The zero-order valence-corrected chi connectivity index (χ0v) is 13.5. The molecule has 114 valence electrons. The van der Waals surface area contributed by atoms with Crippen molar-refractivity contribution in [3.05, 3.63) is 23.7 Å². The fraction of sp³-hybridized carbons (Fsp3) is 0.765. The summed E-state index contributed by atoms with van der Waals surface area (Å²) in [6.07, 6.45) is 7.10. The topological polar surface area (TPSA) is 28.4 Å². The molecule has 0 amide bonds. The molecule has 0 aromatic carbocycles. The minimum Gasteiger partial charge on any atom is -0.468 e. The van der Waals surface area contributed by atoms with Crippen LogP contribution in [0.25, 0.3) is 0 Å². The van der Waals surface area contributed by atoms with Gasteiger partial charge in [-0.15, -0.1) is 0 Å². The summed E-state index contributed by atoms with van der Waals surface area (Å²) in [7, 11) is 0. The van der Waals surface area contributed by atoms with Gasteiger partial charge >= 0.3 is 0 Å². The molecule has 1 aliphatic rings. The summed E-state index contributed by atoms with van der Waals surface area (Å²) in [5.41, 5.74) is 1.45. The zero-order valence-electron chi connectivity index (χ0n) is 13.5. The van der Waals surface area contributed by atoms with Gasteiger partial charge in [0.25, 0.3) is 0 Å². The molecular weight excluding hydrogens is 248 g/mol. The Labute approximate surface area is 123 Å². The van der Waals surface area contributed by atoms with Gasteiger partial charge in [0.05, 0.1) is 12.8 Å². The van der Waals surface area contributed by atoms with Crippen LogP contribution in [0.15, 0.2) is 16.7 Å². The molecule has 0 radical (unpaired) electrons. The van der Waals surface area contributed by atoms with Gasteiger partial charge < -0.3 is 9.73 Å². The van der Waals surface area contributed by atoms with E-state index in [1.54, 1.807) is 0 Å². The van der Waals surface area contributed by atoms with E-state index in [0.717, 1.165) is 24.9 Å². The Morgan fingerprint density at radius 2 is 2.10 bits per heavy atom. The van der Waals surface area contributed by atoms with E-state index in [1.165, 1.54) is 37.8 Å². The molecule has 1 N–H and O–H groups in total. The second kappa shape index (κ2) is 6.77. The lowest BCUT2D eigenvalue weighted by molar-refractivity contribution is 0.228. The standard InChI is InChI=1S/C17H30N2O/c1-5-6-10-19(15-7-8-15)13-16-14(9-11-20-16)12-18-17(2,3)4/h9,11,15,18H,5-8,10,12-13H2,1-4H3. The zero-order chi connectivity index (χ0) is 14.6. The van der Waals surface area contributed by atoms with Crippen LogP contribution in [0.4, 0.5) is 0 Å². The maximum atomic E-state index is 5.74. The first-order chi connectivity index (χ1) is 9.49. The van der Waals surface area contributed by atoms with Crippen molar-refractivity contribution >= 4 is 0 Å². The van der Waals surface area contributed by atoms with E-state index in [0.29, 0.717) is 0 Å². The van der Waals surface area contributed by atoms with E-state index in [9.17, 15) is 0 Å². The number of rotatable bonds is 8. The SMILES string of the molecule is CCCCN(Cc1occc1CNC(C)(C)C)C1CC1. The van der Waals surface area contributed by atoms with E-state index in [1.807, 2.05) is 6.26 Å². The van der Waals surface area contributed by atoms with E-state index in [-0.39, 0.29) is 5.54 Å². The first-order valence-corrected chi connectivity index (χ1v) is 8.04. The second-order valence-corrected chi connectivity index (χ2v) is 7.03. The third kappa shape index (κ3) is 4.95. The second-order valence-electron chi connectivity index (χ2n) is 7.03. The summed E-state index contributed by atoms with van der Waals surface area (Å²) in [6, 6.07) is 2.91. The van der Waals surface area contributed by atoms with E-state index >= 15 is 0 Å². The first-order valence-electron chi connectivity index (χ1n) is 8.04. The van der Waals surface area contributed by atoms with Gasteiger partial charge in [-0.25, -0.2) is 0 Å². The summed E-state index contributed by atoms with van der Waals surface area (Å²) in [6.45, 7) is 11.9. The summed E-state index contributed by atoms with van der Waals surface area (Å²) >= 11 is 0. The largest absolute Gasteiger partial charge is 0.468 e. The van der Waals surface area contributed by atoms with Crippen molar-refractivity contribution in [3.8, 4) is 0 Å². The molecule has 1 saturated carbocycles. The van der Waals surface area contributed by atoms with Gasteiger partial charge in [-0.3, -0.25) is 4.90 Å². The third-order valence-electron chi connectivity index (χ3n) is 3.86. The molecule has 1 fully saturated rings. The van der Waals surface area contributed by atoms with Crippen molar-refractivity contribution in [2.45, 2.75) is 78.0 Å². The van der Waals surface area contributed by atoms with Gasteiger partial charge in [-0.2, -0.15) is 0 Å². The molecule has 0 atom stereocenters. The molecule has 0 aliphatic heterocycles. The molecule has 1 aromatic rings. The summed E-state index contributed by atoms with van der Waals surface area (Å²) in [4.78, 5) is 2.60. The van der Waals surface area contributed by atoms with Crippen LogP contribution in [0, 0.1) is 0 Å². The molecule has 1 aliphatic carbocycles. The summed E-state index contributed by atoms with van der Waals surface area (Å²) in [5.74, 6) is 1.14. The summed E-state index contributed by atoms with van der Waals surface area (Å²) < 4.78 is 5.74. The van der Waals surface area contributed by atoms with E-state index in [4.69, 9.17) is 4.42 Å². The number of hydrogen-bond acceptors (Lipinski definition) is 3. The lowest BCUT2D eigenvalue weighted by Gasteiger charge is -2.23. The molecule has 0 bridgehead atoms. The smallest absolute Gasteiger partial charge is 0.122 e. The Morgan fingerprint density at radius 3 is 2.70 bits per heavy atom. The van der Waals surface area contributed by atoms with Gasteiger partial charge in [0.1, 0.15) is 5.76 Å². The summed E-state index contributed by atoms with van der Waals surface area (Å²) in [5, 5.41) is 3.55. The van der Waals surface area contributed by atoms with Crippen LogP contribution in [-0.4, -0.2) is 23.0 Å². The lowest BCUT2D eigenvalue weighted by atomic mass is 10.1. The molecule has 0 saturated heterocycles. The van der Waals surface area contributed by atoms with Gasteiger partial charge in [0.15, 0.2) is 0 Å². The highest BCUT2D eigenvalue weighted by atomic mass is 16.3. The average molecular weight is 278 g/mol. The van der Waals surface area contributed by atoms with Crippen molar-refractivity contribution in [1.29, 1.82) is 0 Å². The van der Waals surface area contributed by atoms with Crippen molar-refractivity contribution in [3.63, 3.8) is 0 Å². The van der Waals surface area contributed by atoms with Crippen LogP contribution in [-0.2, 0) is 13.1 Å². The Kier molecular flexibility index (Phi) is 5.28. The van der Waals surface area contributed by atoms with Gasteiger partial charge in [-0.05, 0) is 52.6 Å². The monoisotopic (exact) mass is 278 g/mol. The van der Waals surface area contributed by atoms with E-state index < -0.39 is 0 Å². The Hall–Kier alpha value is -0.800. The van der Waals surface area contributed by atoms with Crippen molar-refractivity contribution in [2.24, 2.45) is 0 Å². The maximum absolute atomic E-state index is 5.74. The minimum absolute atomic E-state index is 0.146. The van der Waals surface area contributed by atoms with Crippen LogP contribution in [0.2, 0.25) is 0 Å². The molecule has 1 heterocycles. The number of hydrogen-bond donors (Lipinski definition) is 1. The number of unbranched alkanes of at least 4 members (excludes halogenated alkanes) is 1.